The summed E-state index contributed by atoms with van der Waals surface area (Å²) >= 11 is 0. The SMILES string of the molecule is Nc1nc2ccc(C(=O)N3CCOC[C@@H]3c3ccc(C(F)(F)F)cc3)cc2n2cncc12. The molecular formula is C22H18F3N5O2. The van der Waals surface area contributed by atoms with Gasteiger partial charge in [-0.25, -0.2) is 9.97 Å². The first-order valence-corrected chi connectivity index (χ1v) is 9.90. The molecule has 2 aromatic heterocycles. The summed E-state index contributed by atoms with van der Waals surface area (Å²) in [6, 6.07) is 9.44. The first kappa shape index (κ1) is 20.3. The number of fused-ring (bicyclic) bond motifs is 3. The van der Waals surface area contributed by atoms with Crippen molar-refractivity contribution in [2.75, 3.05) is 25.5 Å². The van der Waals surface area contributed by atoms with E-state index in [9.17, 15) is 18.0 Å². The molecule has 10 heteroatoms. The van der Waals surface area contributed by atoms with Crippen molar-refractivity contribution in [3.8, 4) is 0 Å². The molecule has 2 aromatic carbocycles. The van der Waals surface area contributed by atoms with Crippen LogP contribution in [0, 0.1) is 0 Å². The number of hydrogen-bond acceptors (Lipinski definition) is 5. The number of nitrogens with two attached hydrogens (primary N) is 1. The lowest BCUT2D eigenvalue weighted by atomic mass is 10.0. The predicted octanol–water partition coefficient (Wildman–Crippen LogP) is 3.70. The summed E-state index contributed by atoms with van der Waals surface area (Å²) in [4.78, 5) is 23.5. The second-order valence-electron chi connectivity index (χ2n) is 7.56. The molecule has 0 bridgehead atoms. The van der Waals surface area contributed by atoms with E-state index in [2.05, 4.69) is 9.97 Å². The van der Waals surface area contributed by atoms with Crippen LogP contribution in [0.25, 0.3) is 16.6 Å². The Morgan fingerprint density at radius 1 is 1.12 bits per heavy atom. The Morgan fingerprint density at radius 3 is 2.66 bits per heavy atom. The zero-order valence-electron chi connectivity index (χ0n) is 16.7. The minimum absolute atomic E-state index is 0.203. The van der Waals surface area contributed by atoms with Gasteiger partial charge < -0.3 is 15.4 Å². The minimum atomic E-state index is -4.42. The van der Waals surface area contributed by atoms with Gasteiger partial charge in [0.25, 0.3) is 5.91 Å². The van der Waals surface area contributed by atoms with Crippen molar-refractivity contribution in [3.05, 3.63) is 71.7 Å². The first-order valence-electron chi connectivity index (χ1n) is 9.90. The number of morpholine rings is 1. The van der Waals surface area contributed by atoms with Gasteiger partial charge in [0.15, 0.2) is 0 Å². The highest BCUT2D eigenvalue weighted by molar-refractivity contribution is 5.98. The van der Waals surface area contributed by atoms with Gasteiger partial charge in [0, 0.05) is 12.1 Å². The topological polar surface area (TPSA) is 85.8 Å². The fourth-order valence-electron chi connectivity index (χ4n) is 3.99. The third-order valence-corrected chi connectivity index (χ3v) is 5.64. The monoisotopic (exact) mass is 441 g/mol. The summed E-state index contributed by atoms with van der Waals surface area (Å²) < 4.78 is 46.1. The van der Waals surface area contributed by atoms with Gasteiger partial charge in [0.05, 0.1) is 48.4 Å². The first-order chi connectivity index (χ1) is 15.3. The highest BCUT2D eigenvalue weighted by Crippen LogP contribution is 2.32. The number of anilines is 1. The van der Waals surface area contributed by atoms with Crippen LogP contribution in [0.4, 0.5) is 19.0 Å². The molecule has 2 N–H and O–H groups in total. The molecule has 164 valence electrons. The zero-order chi connectivity index (χ0) is 22.5. The number of carbonyl (C=O) groups is 1. The Morgan fingerprint density at radius 2 is 1.91 bits per heavy atom. The molecule has 32 heavy (non-hydrogen) atoms. The zero-order valence-corrected chi connectivity index (χ0v) is 16.7. The fourth-order valence-corrected chi connectivity index (χ4v) is 3.99. The predicted molar refractivity (Wildman–Crippen MR) is 111 cm³/mol. The molecule has 1 fully saturated rings. The molecule has 1 aliphatic heterocycles. The number of aromatic nitrogens is 3. The van der Waals surface area contributed by atoms with Crippen molar-refractivity contribution in [2.24, 2.45) is 0 Å². The molecule has 1 saturated heterocycles. The maximum Gasteiger partial charge on any atom is 0.416 e. The number of halogens is 3. The van der Waals surface area contributed by atoms with Gasteiger partial charge in [-0.05, 0) is 35.9 Å². The van der Waals surface area contributed by atoms with Crippen LogP contribution in [-0.2, 0) is 10.9 Å². The average molecular weight is 441 g/mol. The van der Waals surface area contributed by atoms with Crippen LogP contribution in [0.3, 0.4) is 0 Å². The van der Waals surface area contributed by atoms with Gasteiger partial charge in [-0.2, -0.15) is 13.2 Å². The number of carbonyl (C=O) groups excluding carboxylic acids is 1. The number of nitrogens with zero attached hydrogens (tertiary/aromatic N) is 4. The number of amides is 1. The third-order valence-electron chi connectivity index (χ3n) is 5.64. The van der Waals surface area contributed by atoms with Crippen LogP contribution in [0.5, 0.6) is 0 Å². The molecule has 0 radical (unpaired) electrons. The van der Waals surface area contributed by atoms with Gasteiger partial charge in [0.2, 0.25) is 0 Å². The van der Waals surface area contributed by atoms with Gasteiger partial charge in [0.1, 0.15) is 11.3 Å². The number of nitrogen functional groups attached to an aromatic ring is 1. The third kappa shape index (κ3) is 3.42. The Bertz CT molecular complexity index is 1320. The van der Waals surface area contributed by atoms with Crippen LogP contribution >= 0.6 is 0 Å². The lowest BCUT2D eigenvalue weighted by Crippen LogP contribution is -2.43. The standard InChI is InChI=1S/C22H18F3N5O2/c23-22(24,25)15-4-1-13(2-5-15)19-11-32-8-7-29(19)21(31)14-3-6-16-17(9-14)30-12-27-10-18(30)20(26)28-16/h1-6,9-10,12,19H,7-8,11H2,(H2,26,28)/t19-/m1/s1. The lowest BCUT2D eigenvalue weighted by molar-refractivity contribution is -0.137. The van der Waals surface area contributed by atoms with Crippen molar-refractivity contribution in [2.45, 2.75) is 12.2 Å². The number of alkyl halides is 3. The Kier molecular flexibility index (Phi) is 4.74. The van der Waals surface area contributed by atoms with Crippen LogP contribution in [-0.4, -0.2) is 44.9 Å². The molecule has 0 unspecified atom stereocenters. The van der Waals surface area contributed by atoms with E-state index in [-0.39, 0.29) is 12.5 Å². The Hall–Kier alpha value is -3.66. The van der Waals surface area contributed by atoms with E-state index in [1.54, 1.807) is 40.0 Å². The molecule has 7 nitrogen and oxygen atoms in total. The van der Waals surface area contributed by atoms with E-state index < -0.39 is 17.8 Å². The quantitative estimate of drug-likeness (QED) is 0.513. The minimum Gasteiger partial charge on any atom is -0.382 e. The van der Waals surface area contributed by atoms with E-state index in [0.29, 0.717) is 46.6 Å². The summed E-state index contributed by atoms with van der Waals surface area (Å²) in [5, 5.41) is 0. The van der Waals surface area contributed by atoms with Crippen LogP contribution < -0.4 is 5.73 Å². The van der Waals surface area contributed by atoms with E-state index in [1.807, 2.05) is 0 Å². The largest absolute Gasteiger partial charge is 0.416 e. The maximum absolute atomic E-state index is 13.4. The Balaban J connectivity index is 1.50. The number of imidazole rings is 1. The van der Waals surface area contributed by atoms with E-state index in [1.165, 1.54) is 12.1 Å². The van der Waals surface area contributed by atoms with Crippen LogP contribution in [0.15, 0.2) is 55.0 Å². The maximum atomic E-state index is 13.4. The van der Waals surface area contributed by atoms with Crippen molar-refractivity contribution >= 4 is 28.3 Å². The fraction of sp³-hybridized carbons (Fsp3) is 0.227. The van der Waals surface area contributed by atoms with Crippen molar-refractivity contribution < 1.29 is 22.7 Å². The molecule has 0 aliphatic carbocycles. The van der Waals surface area contributed by atoms with E-state index in [4.69, 9.17) is 10.5 Å². The normalized spacial score (nSPS) is 17.2. The Labute approximate surface area is 180 Å². The number of hydrogen-bond donors (Lipinski definition) is 1. The molecule has 5 rings (SSSR count). The van der Waals surface area contributed by atoms with Crippen molar-refractivity contribution in [1.82, 2.24) is 19.3 Å². The molecule has 0 spiro atoms. The van der Waals surface area contributed by atoms with Crippen LogP contribution in [0.1, 0.15) is 27.5 Å². The second-order valence-corrected chi connectivity index (χ2v) is 7.56. The average Bonchev–Trinajstić information content (AvgIpc) is 3.29. The molecule has 1 aliphatic rings. The van der Waals surface area contributed by atoms with Gasteiger partial charge in [-0.15, -0.1) is 0 Å². The van der Waals surface area contributed by atoms with Crippen LogP contribution in [0.2, 0.25) is 0 Å². The highest BCUT2D eigenvalue weighted by atomic mass is 19.4. The summed E-state index contributed by atoms with van der Waals surface area (Å²) in [7, 11) is 0. The molecular weight excluding hydrogens is 423 g/mol. The van der Waals surface area contributed by atoms with E-state index >= 15 is 0 Å². The van der Waals surface area contributed by atoms with Crippen molar-refractivity contribution in [3.63, 3.8) is 0 Å². The smallest absolute Gasteiger partial charge is 0.382 e. The lowest BCUT2D eigenvalue weighted by Gasteiger charge is -2.36. The molecule has 0 saturated carbocycles. The summed E-state index contributed by atoms with van der Waals surface area (Å²) in [5.41, 5.74) is 8.18. The number of benzene rings is 2. The van der Waals surface area contributed by atoms with Gasteiger partial charge in [-0.1, -0.05) is 12.1 Å². The molecule has 3 heterocycles. The summed E-state index contributed by atoms with van der Waals surface area (Å²) in [6.45, 7) is 0.873. The van der Waals surface area contributed by atoms with E-state index in [0.717, 1.165) is 12.1 Å². The second kappa shape index (κ2) is 7.49. The van der Waals surface area contributed by atoms with Crippen molar-refractivity contribution in [1.29, 1.82) is 0 Å². The number of ether oxygens (including phenoxy) is 1. The highest BCUT2D eigenvalue weighted by Gasteiger charge is 2.33. The molecule has 4 aromatic rings. The number of rotatable bonds is 2. The van der Waals surface area contributed by atoms with Gasteiger partial charge in [-0.3, -0.25) is 9.20 Å². The molecule has 1 amide bonds. The molecule has 1 atom stereocenters. The summed E-state index contributed by atoms with van der Waals surface area (Å²) in [6.07, 6.45) is -1.22. The van der Waals surface area contributed by atoms with Gasteiger partial charge >= 0.3 is 6.18 Å². The summed E-state index contributed by atoms with van der Waals surface area (Å²) in [5.74, 6) is 0.0924.